The van der Waals surface area contributed by atoms with E-state index in [0.29, 0.717) is 12.5 Å². The van der Waals surface area contributed by atoms with Crippen LogP contribution in [0.3, 0.4) is 0 Å². The van der Waals surface area contributed by atoms with Crippen molar-refractivity contribution in [3.8, 4) is 0 Å². The van der Waals surface area contributed by atoms with Crippen molar-refractivity contribution in [2.24, 2.45) is 0 Å². The van der Waals surface area contributed by atoms with Crippen molar-refractivity contribution in [3.05, 3.63) is 36.0 Å². The van der Waals surface area contributed by atoms with Crippen LogP contribution in [0.4, 0.5) is 0 Å². The fraction of sp³-hybridized carbons (Fsp3) is 0.438. The van der Waals surface area contributed by atoms with Crippen molar-refractivity contribution >= 4 is 16.8 Å². The molecule has 3 rings (SSSR count). The number of rotatable bonds is 3. The Morgan fingerprint density at radius 1 is 1.40 bits per heavy atom. The lowest BCUT2D eigenvalue weighted by molar-refractivity contribution is -0.131. The first-order chi connectivity index (χ1) is 9.75. The van der Waals surface area contributed by atoms with Crippen molar-refractivity contribution in [3.63, 3.8) is 0 Å². The normalized spacial score (nSPS) is 19.1. The Labute approximate surface area is 119 Å². The summed E-state index contributed by atoms with van der Waals surface area (Å²) in [5.41, 5.74) is 2.18. The molecule has 1 aromatic carbocycles. The number of nitrogens with zero attached hydrogens (tertiary/aromatic N) is 1. The van der Waals surface area contributed by atoms with E-state index in [2.05, 4.69) is 16.4 Å². The molecule has 0 aliphatic carbocycles. The molecule has 1 aliphatic heterocycles. The van der Waals surface area contributed by atoms with E-state index in [4.69, 9.17) is 0 Å². The Bertz CT molecular complexity index is 599. The van der Waals surface area contributed by atoms with E-state index in [9.17, 15) is 4.79 Å². The Kier molecular flexibility index (Phi) is 3.74. The smallest absolute Gasteiger partial charge is 0.227 e. The summed E-state index contributed by atoms with van der Waals surface area (Å²) in [6, 6.07) is 8.46. The quantitative estimate of drug-likeness (QED) is 0.896. The fourth-order valence-corrected chi connectivity index (χ4v) is 2.93. The number of hydrogen-bond acceptors (Lipinski definition) is 2. The van der Waals surface area contributed by atoms with Crippen molar-refractivity contribution in [1.82, 2.24) is 15.2 Å². The first kappa shape index (κ1) is 13.2. The molecule has 1 unspecified atom stereocenters. The number of benzene rings is 1. The van der Waals surface area contributed by atoms with Crippen molar-refractivity contribution < 1.29 is 4.79 Å². The largest absolute Gasteiger partial charge is 0.361 e. The maximum Gasteiger partial charge on any atom is 0.227 e. The van der Waals surface area contributed by atoms with Gasteiger partial charge >= 0.3 is 0 Å². The highest BCUT2D eigenvalue weighted by Gasteiger charge is 2.22. The molecule has 0 saturated carbocycles. The molecule has 1 fully saturated rings. The van der Waals surface area contributed by atoms with Crippen LogP contribution in [-0.2, 0) is 11.2 Å². The summed E-state index contributed by atoms with van der Waals surface area (Å²) in [5, 5.41) is 4.51. The van der Waals surface area contributed by atoms with Gasteiger partial charge < -0.3 is 15.2 Å². The van der Waals surface area contributed by atoms with Gasteiger partial charge in [0.05, 0.1) is 6.42 Å². The lowest BCUT2D eigenvalue weighted by Gasteiger charge is -2.31. The monoisotopic (exact) mass is 271 g/mol. The van der Waals surface area contributed by atoms with Gasteiger partial charge in [0.25, 0.3) is 0 Å². The Balaban J connectivity index is 1.71. The van der Waals surface area contributed by atoms with Crippen LogP contribution in [0.5, 0.6) is 0 Å². The van der Waals surface area contributed by atoms with E-state index in [1.165, 1.54) is 0 Å². The molecule has 0 spiro atoms. The average Bonchev–Trinajstić information content (AvgIpc) is 2.91. The first-order valence-corrected chi connectivity index (χ1v) is 7.27. The van der Waals surface area contributed by atoms with Gasteiger partial charge in [-0.05, 0) is 31.0 Å². The summed E-state index contributed by atoms with van der Waals surface area (Å²) in [6.45, 7) is 1.98. The number of hydrogen-bond donors (Lipinski definition) is 2. The van der Waals surface area contributed by atoms with E-state index >= 15 is 0 Å². The molecule has 4 heteroatoms. The van der Waals surface area contributed by atoms with Gasteiger partial charge in [-0.25, -0.2) is 0 Å². The molecule has 1 saturated heterocycles. The van der Waals surface area contributed by atoms with Gasteiger partial charge in [-0.1, -0.05) is 18.2 Å². The van der Waals surface area contributed by atoms with Crippen LogP contribution in [0.1, 0.15) is 18.4 Å². The zero-order chi connectivity index (χ0) is 13.9. The summed E-state index contributed by atoms with van der Waals surface area (Å²) < 4.78 is 0. The summed E-state index contributed by atoms with van der Waals surface area (Å²) in [7, 11) is 1.93. The lowest BCUT2D eigenvalue weighted by Crippen LogP contribution is -2.47. The van der Waals surface area contributed by atoms with Gasteiger partial charge in [-0.2, -0.15) is 0 Å². The van der Waals surface area contributed by atoms with E-state index in [1.807, 2.05) is 36.3 Å². The molecule has 2 aromatic rings. The molecule has 2 heterocycles. The van der Waals surface area contributed by atoms with E-state index in [1.54, 1.807) is 0 Å². The van der Waals surface area contributed by atoms with Gasteiger partial charge in [-0.15, -0.1) is 0 Å². The van der Waals surface area contributed by atoms with Gasteiger partial charge in [0, 0.05) is 36.7 Å². The minimum atomic E-state index is 0.198. The number of amides is 1. The minimum absolute atomic E-state index is 0.198. The average molecular weight is 271 g/mol. The minimum Gasteiger partial charge on any atom is -0.361 e. The number of nitrogens with one attached hydrogen (secondary N) is 2. The number of aromatic amines is 1. The van der Waals surface area contributed by atoms with Crippen LogP contribution in [0.2, 0.25) is 0 Å². The molecular formula is C16H21N3O. The topological polar surface area (TPSA) is 48.1 Å². The number of carbonyl (C=O) groups is 1. The number of aromatic nitrogens is 1. The molecule has 0 bridgehead atoms. The third-order valence-corrected chi connectivity index (χ3v) is 4.23. The molecule has 1 aromatic heterocycles. The number of H-pyrrole nitrogens is 1. The highest BCUT2D eigenvalue weighted by molar-refractivity contribution is 5.88. The maximum absolute atomic E-state index is 12.4. The standard InChI is InChI=1S/C16H21N3O/c1-19(13-5-4-8-17-11-13)16(20)9-12-10-18-15-7-3-2-6-14(12)15/h2-3,6-7,10,13,17-18H,4-5,8-9,11H2,1H3. The van der Waals surface area contributed by atoms with E-state index in [0.717, 1.165) is 42.4 Å². The Hall–Kier alpha value is -1.81. The third-order valence-electron chi connectivity index (χ3n) is 4.23. The fourth-order valence-electron chi connectivity index (χ4n) is 2.93. The molecule has 0 radical (unpaired) electrons. The zero-order valence-electron chi connectivity index (χ0n) is 11.9. The van der Waals surface area contributed by atoms with Crippen LogP contribution >= 0.6 is 0 Å². The highest BCUT2D eigenvalue weighted by atomic mass is 16.2. The van der Waals surface area contributed by atoms with Crippen molar-refractivity contribution in [2.75, 3.05) is 20.1 Å². The SMILES string of the molecule is CN(C(=O)Cc1c[nH]c2ccccc12)C1CCCNC1. The van der Waals surface area contributed by atoms with Crippen molar-refractivity contribution in [2.45, 2.75) is 25.3 Å². The van der Waals surface area contributed by atoms with E-state index in [-0.39, 0.29) is 5.91 Å². The van der Waals surface area contributed by atoms with Gasteiger partial charge in [0.1, 0.15) is 0 Å². The van der Waals surface area contributed by atoms with Crippen molar-refractivity contribution in [1.29, 1.82) is 0 Å². The van der Waals surface area contributed by atoms with E-state index < -0.39 is 0 Å². The third kappa shape index (κ3) is 2.56. The maximum atomic E-state index is 12.4. The van der Waals surface area contributed by atoms with Crippen LogP contribution in [-0.4, -0.2) is 42.0 Å². The number of carbonyl (C=O) groups excluding carboxylic acids is 1. The second kappa shape index (κ2) is 5.67. The summed E-state index contributed by atoms with van der Waals surface area (Å²) in [5.74, 6) is 0.198. The van der Waals surface area contributed by atoms with Crippen LogP contribution in [0.15, 0.2) is 30.5 Å². The highest BCUT2D eigenvalue weighted by Crippen LogP contribution is 2.19. The number of para-hydroxylation sites is 1. The first-order valence-electron chi connectivity index (χ1n) is 7.27. The Morgan fingerprint density at radius 2 is 2.25 bits per heavy atom. The number of piperidine rings is 1. The second-order valence-corrected chi connectivity index (χ2v) is 5.54. The molecule has 20 heavy (non-hydrogen) atoms. The van der Waals surface area contributed by atoms with Crippen LogP contribution in [0.25, 0.3) is 10.9 Å². The van der Waals surface area contributed by atoms with Crippen LogP contribution in [0, 0.1) is 0 Å². The summed E-state index contributed by atoms with van der Waals surface area (Å²) in [4.78, 5) is 17.6. The Morgan fingerprint density at radius 3 is 3.05 bits per heavy atom. The summed E-state index contributed by atoms with van der Waals surface area (Å²) >= 11 is 0. The predicted octanol–water partition coefficient (Wildman–Crippen LogP) is 1.92. The van der Waals surface area contributed by atoms with Gasteiger partial charge in [0.15, 0.2) is 0 Å². The predicted molar refractivity (Wildman–Crippen MR) is 80.7 cm³/mol. The molecular weight excluding hydrogens is 250 g/mol. The second-order valence-electron chi connectivity index (χ2n) is 5.54. The lowest BCUT2D eigenvalue weighted by atomic mass is 10.0. The summed E-state index contributed by atoms with van der Waals surface area (Å²) in [6.07, 6.45) is 4.67. The van der Waals surface area contributed by atoms with Crippen LogP contribution < -0.4 is 5.32 Å². The molecule has 4 nitrogen and oxygen atoms in total. The van der Waals surface area contributed by atoms with Gasteiger partial charge in [0.2, 0.25) is 5.91 Å². The molecule has 1 aliphatic rings. The zero-order valence-corrected chi connectivity index (χ0v) is 11.9. The molecule has 1 amide bonds. The number of likely N-dealkylation sites (N-methyl/N-ethyl adjacent to an activating group) is 1. The number of fused-ring (bicyclic) bond motifs is 1. The molecule has 2 N–H and O–H groups in total. The molecule has 106 valence electrons. The molecule has 1 atom stereocenters. The van der Waals surface area contributed by atoms with Gasteiger partial charge in [-0.3, -0.25) is 4.79 Å².